The molecule has 48 heavy (non-hydrogen) atoms. The van der Waals surface area contributed by atoms with Crippen LogP contribution in [0, 0.1) is 6.92 Å². The summed E-state index contributed by atoms with van der Waals surface area (Å²) in [5.74, 6) is 0. The summed E-state index contributed by atoms with van der Waals surface area (Å²) in [6.45, 7) is 13.8. The molecule has 1 aromatic heterocycles. The van der Waals surface area contributed by atoms with E-state index in [0.717, 1.165) is 36.1 Å². The molecule has 0 spiro atoms. The molecule has 0 saturated carbocycles. The Balaban J connectivity index is 1.82. The largest absolute Gasteiger partial charge is 0.407 e. The molecule has 4 atom stereocenters. The number of rotatable bonds is 17. The minimum Gasteiger partial charge on any atom is -0.407 e. The zero-order valence-electron chi connectivity index (χ0n) is 29.2. The third-order valence-corrected chi connectivity index (χ3v) is 14.2. The van der Waals surface area contributed by atoms with Gasteiger partial charge in [0.25, 0.3) is 13.9 Å². The molecule has 2 heterocycles. The Labute approximate surface area is 284 Å². The highest BCUT2D eigenvalue weighted by atomic mass is 28.4. The standard InChI is InChI=1S/C36H51N5O6Si/c1-7-9-22-44-26-36(21-24-46-48(35(4,5)6,28-17-13-11-14-18-28)29-19-15-12-16-20-29)31(45-23-10-8-2)30(39-40-37)33(47-36)41-25-27(3)32(42)38-34(41)43/h11-20,25,30-31,33H,7-10,21-24,26H2,1-6H3,(H,38,42,43)/t30-,31?,33+,36+/m0/s1. The highest BCUT2D eigenvalue weighted by molar-refractivity contribution is 6.99. The molecule has 1 N–H and O–H groups in total. The Bertz CT molecular complexity index is 1580. The van der Waals surface area contributed by atoms with Gasteiger partial charge in [-0.3, -0.25) is 14.3 Å². The molecule has 2 aromatic carbocycles. The topological polar surface area (TPSA) is 141 Å². The Hall–Kier alpha value is -3.51. The van der Waals surface area contributed by atoms with Gasteiger partial charge in [-0.05, 0) is 40.7 Å². The predicted octanol–water partition coefficient (Wildman–Crippen LogP) is 5.76. The van der Waals surface area contributed by atoms with E-state index in [1.807, 2.05) is 12.1 Å². The molecule has 1 saturated heterocycles. The Morgan fingerprint density at radius 3 is 2.15 bits per heavy atom. The zero-order chi connectivity index (χ0) is 34.8. The van der Waals surface area contributed by atoms with Gasteiger partial charge in [0.05, 0.1) is 6.61 Å². The molecule has 1 aliphatic heterocycles. The van der Waals surface area contributed by atoms with E-state index < -0.39 is 43.5 Å². The van der Waals surface area contributed by atoms with Crippen molar-refractivity contribution < 1.29 is 18.6 Å². The summed E-state index contributed by atoms with van der Waals surface area (Å²) in [7, 11) is -2.90. The van der Waals surface area contributed by atoms with Crippen molar-refractivity contribution >= 4 is 18.7 Å². The van der Waals surface area contributed by atoms with Gasteiger partial charge in [-0.1, -0.05) is 113 Å². The summed E-state index contributed by atoms with van der Waals surface area (Å²) >= 11 is 0. The van der Waals surface area contributed by atoms with Crippen LogP contribution in [0.1, 0.15) is 78.5 Å². The van der Waals surface area contributed by atoms with Crippen LogP contribution in [0.25, 0.3) is 10.4 Å². The van der Waals surface area contributed by atoms with Crippen molar-refractivity contribution in [3.8, 4) is 0 Å². The normalized spacial score (nSPS) is 21.2. The highest BCUT2D eigenvalue weighted by Gasteiger charge is 2.58. The summed E-state index contributed by atoms with van der Waals surface area (Å²) < 4.78 is 28.3. The zero-order valence-corrected chi connectivity index (χ0v) is 30.2. The average molecular weight is 678 g/mol. The maximum absolute atomic E-state index is 13.2. The van der Waals surface area contributed by atoms with E-state index >= 15 is 0 Å². The number of hydrogen-bond acceptors (Lipinski definition) is 7. The fraction of sp³-hybridized carbons (Fsp3) is 0.556. The van der Waals surface area contributed by atoms with Crippen molar-refractivity contribution in [2.45, 2.75) is 103 Å². The molecule has 3 aromatic rings. The number of hydrogen-bond donors (Lipinski definition) is 1. The van der Waals surface area contributed by atoms with E-state index in [4.69, 9.17) is 18.6 Å². The second kappa shape index (κ2) is 16.7. The summed E-state index contributed by atoms with van der Waals surface area (Å²) in [4.78, 5) is 31.0. The van der Waals surface area contributed by atoms with E-state index in [1.54, 1.807) is 6.92 Å². The minimum absolute atomic E-state index is 0.138. The second-order valence-electron chi connectivity index (χ2n) is 13.6. The molecular formula is C36H51N5O6Si. The molecular weight excluding hydrogens is 627 g/mol. The predicted molar refractivity (Wildman–Crippen MR) is 190 cm³/mol. The van der Waals surface area contributed by atoms with Gasteiger partial charge < -0.3 is 18.6 Å². The molecule has 11 nitrogen and oxygen atoms in total. The fourth-order valence-corrected chi connectivity index (χ4v) is 11.2. The number of aromatic amines is 1. The Morgan fingerprint density at radius 2 is 1.58 bits per heavy atom. The van der Waals surface area contributed by atoms with E-state index in [1.165, 1.54) is 10.8 Å². The average Bonchev–Trinajstić information content (AvgIpc) is 3.36. The van der Waals surface area contributed by atoms with Gasteiger partial charge in [-0.15, -0.1) is 0 Å². The summed E-state index contributed by atoms with van der Waals surface area (Å²) in [6, 6.07) is 19.9. The first-order valence-corrected chi connectivity index (χ1v) is 18.9. The maximum atomic E-state index is 13.2. The number of nitrogens with one attached hydrogen (secondary N) is 1. The fourth-order valence-electron chi connectivity index (χ4n) is 6.64. The molecule has 1 unspecified atom stereocenters. The van der Waals surface area contributed by atoms with Crippen LogP contribution in [-0.4, -0.2) is 62.0 Å². The summed E-state index contributed by atoms with van der Waals surface area (Å²) in [5.41, 5.74) is 7.78. The number of unbranched alkanes of at least 4 members (excludes halogenated alkanes) is 2. The number of H-pyrrole nitrogens is 1. The molecule has 260 valence electrons. The maximum Gasteiger partial charge on any atom is 0.330 e. The highest BCUT2D eigenvalue weighted by Crippen LogP contribution is 2.44. The van der Waals surface area contributed by atoms with Crippen molar-refractivity contribution in [1.29, 1.82) is 0 Å². The first-order valence-electron chi connectivity index (χ1n) is 17.0. The van der Waals surface area contributed by atoms with Crippen LogP contribution in [0.4, 0.5) is 0 Å². The quantitative estimate of drug-likeness (QED) is 0.0634. The number of aromatic nitrogens is 2. The minimum atomic E-state index is -2.90. The van der Waals surface area contributed by atoms with Crippen molar-refractivity contribution in [1.82, 2.24) is 9.55 Å². The van der Waals surface area contributed by atoms with Gasteiger partial charge in [0.15, 0.2) is 0 Å². The van der Waals surface area contributed by atoms with Crippen molar-refractivity contribution in [2.24, 2.45) is 5.11 Å². The molecule has 1 fully saturated rings. The number of aryl methyl sites for hydroxylation is 1. The van der Waals surface area contributed by atoms with E-state index in [0.29, 0.717) is 25.2 Å². The van der Waals surface area contributed by atoms with Crippen LogP contribution < -0.4 is 21.6 Å². The summed E-state index contributed by atoms with van der Waals surface area (Å²) in [6.07, 6.45) is 3.49. The van der Waals surface area contributed by atoms with Gasteiger partial charge in [-0.2, -0.15) is 0 Å². The first-order chi connectivity index (χ1) is 23.0. The molecule has 0 bridgehead atoms. The molecule has 1 aliphatic rings. The molecule has 0 radical (unpaired) electrons. The third kappa shape index (κ3) is 8.02. The van der Waals surface area contributed by atoms with E-state index in [9.17, 15) is 15.1 Å². The van der Waals surface area contributed by atoms with Crippen molar-refractivity contribution in [3.63, 3.8) is 0 Å². The van der Waals surface area contributed by atoms with Crippen LogP contribution in [0.2, 0.25) is 5.04 Å². The van der Waals surface area contributed by atoms with Crippen molar-refractivity contribution in [2.75, 3.05) is 26.4 Å². The van der Waals surface area contributed by atoms with Gasteiger partial charge in [0, 0.05) is 42.9 Å². The van der Waals surface area contributed by atoms with Crippen LogP contribution in [0.5, 0.6) is 0 Å². The number of azide groups is 1. The third-order valence-electron chi connectivity index (χ3n) is 9.13. The molecule has 0 amide bonds. The van der Waals surface area contributed by atoms with Gasteiger partial charge in [-0.25, -0.2) is 4.79 Å². The summed E-state index contributed by atoms with van der Waals surface area (Å²) in [5, 5.41) is 6.22. The van der Waals surface area contributed by atoms with E-state index in [-0.39, 0.29) is 18.3 Å². The molecule has 4 rings (SSSR count). The Morgan fingerprint density at radius 1 is 0.979 bits per heavy atom. The molecule has 0 aliphatic carbocycles. The lowest BCUT2D eigenvalue weighted by molar-refractivity contribution is -0.159. The Kier molecular flexibility index (Phi) is 13.0. The van der Waals surface area contributed by atoms with Gasteiger partial charge >= 0.3 is 5.69 Å². The smallest absolute Gasteiger partial charge is 0.330 e. The van der Waals surface area contributed by atoms with Crippen LogP contribution in [-0.2, 0) is 18.6 Å². The monoisotopic (exact) mass is 677 g/mol. The lowest BCUT2D eigenvalue weighted by Gasteiger charge is -2.44. The first kappa shape index (κ1) is 37.3. The lowest BCUT2D eigenvalue weighted by Crippen LogP contribution is -2.67. The number of benzene rings is 2. The van der Waals surface area contributed by atoms with Crippen LogP contribution >= 0.6 is 0 Å². The van der Waals surface area contributed by atoms with Gasteiger partial charge in [0.1, 0.15) is 24.0 Å². The van der Waals surface area contributed by atoms with Gasteiger partial charge in [0.2, 0.25) is 0 Å². The van der Waals surface area contributed by atoms with Crippen LogP contribution in [0.15, 0.2) is 81.6 Å². The van der Waals surface area contributed by atoms with Crippen LogP contribution in [0.3, 0.4) is 0 Å². The SMILES string of the molecule is CCCCOC[C@@]1(CCO[Si](c2ccccc2)(c2ccccc2)C(C)(C)C)O[C@@H](n2cc(C)c(=O)[nH]c2=O)[C@@H](N=[N+]=[N-])C1OCCCC. The number of nitrogens with zero attached hydrogens (tertiary/aromatic N) is 4. The van der Waals surface area contributed by atoms with E-state index in [2.05, 4.69) is 98.2 Å². The molecule has 12 heteroatoms. The number of ether oxygens (including phenoxy) is 3. The lowest BCUT2D eigenvalue weighted by atomic mass is 9.91. The van der Waals surface area contributed by atoms with Crippen molar-refractivity contribution in [3.05, 3.63) is 104 Å². The second-order valence-corrected chi connectivity index (χ2v) is 17.9.